The summed E-state index contributed by atoms with van der Waals surface area (Å²) >= 11 is 11.2. The van der Waals surface area contributed by atoms with Gasteiger partial charge >= 0.3 is 0 Å². The molecule has 108 valence electrons. The van der Waals surface area contributed by atoms with Crippen LogP contribution in [0.4, 0.5) is 0 Å². The molecule has 0 saturated carbocycles. The van der Waals surface area contributed by atoms with E-state index in [2.05, 4.69) is 15.2 Å². The Hall–Kier alpha value is -2.05. The lowest BCUT2D eigenvalue weighted by Crippen LogP contribution is -2.24. The molecule has 0 aliphatic carbocycles. The molecule has 2 aromatic rings. The van der Waals surface area contributed by atoms with Crippen LogP contribution in [-0.4, -0.2) is 21.0 Å². The van der Waals surface area contributed by atoms with Crippen molar-refractivity contribution in [2.24, 2.45) is 10.2 Å². The molecule has 0 aliphatic heterocycles. The number of halogens is 2. The van der Waals surface area contributed by atoms with Crippen molar-refractivity contribution >= 4 is 29.1 Å². The van der Waals surface area contributed by atoms with Gasteiger partial charge in [0.1, 0.15) is 10.6 Å². The molecule has 2 rings (SSSR count). The lowest BCUT2D eigenvalue weighted by atomic mass is 10.3. The van der Waals surface area contributed by atoms with E-state index >= 15 is 0 Å². The maximum absolute atomic E-state index is 11.6. The van der Waals surface area contributed by atoms with Gasteiger partial charge in [0.25, 0.3) is 5.91 Å². The number of pyridine rings is 2. The third-order valence-electron chi connectivity index (χ3n) is 2.58. The first-order valence-electron chi connectivity index (χ1n) is 5.91. The molecule has 0 N–H and O–H groups in total. The van der Waals surface area contributed by atoms with Crippen LogP contribution in [0.2, 0.25) is 5.15 Å². The van der Waals surface area contributed by atoms with Crippen LogP contribution in [0.25, 0.3) is 0 Å². The van der Waals surface area contributed by atoms with E-state index in [1.807, 2.05) is 6.07 Å². The second kappa shape index (κ2) is 7.10. The zero-order chi connectivity index (χ0) is 15.2. The normalized spacial score (nSPS) is 13.0. The van der Waals surface area contributed by atoms with Gasteiger partial charge in [0.15, 0.2) is 0 Å². The van der Waals surface area contributed by atoms with Gasteiger partial charge < -0.3 is 4.57 Å². The van der Waals surface area contributed by atoms with E-state index in [0.29, 0.717) is 17.2 Å². The average Bonchev–Trinajstić information content (AvgIpc) is 2.50. The summed E-state index contributed by atoms with van der Waals surface area (Å²) < 4.78 is 1.72. The lowest BCUT2D eigenvalue weighted by molar-refractivity contribution is -0.117. The van der Waals surface area contributed by atoms with Gasteiger partial charge in [-0.3, -0.25) is 4.79 Å². The van der Waals surface area contributed by atoms with Gasteiger partial charge in [0.05, 0.1) is 6.54 Å². The van der Waals surface area contributed by atoms with Crippen LogP contribution in [0.3, 0.4) is 0 Å². The number of carbonyl (C=O) groups is 1. The summed E-state index contributed by atoms with van der Waals surface area (Å²) in [6.07, 6.45) is 3.38. The Kier molecular flexibility index (Phi) is 5.19. The predicted molar refractivity (Wildman–Crippen MR) is 78.8 cm³/mol. The molecule has 0 spiro atoms. The van der Waals surface area contributed by atoms with E-state index < -0.39 is 11.4 Å². The highest BCUT2D eigenvalue weighted by atomic mass is 35.5. The molecule has 0 fully saturated rings. The Labute approximate surface area is 130 Å². The first kappa shape index (κ1) is 15.3. The highest BCUT2D eigenvalue weighted by molar-refractivity contribution is 6.30. The van der Waals surface area contributed by atoms with Crippen LogP contribution in [0.5, 0.6) is 0 Å². The first-order chi connectivity index (χ1) is 10.1. The Bertz CT molecular complexity index is 713. The van der Waals surface area contributed by atoms with Crippen LogP contribution < -0.4 is 5.49 Å². The molecule has 0 bridgehead atoms. The average molecular weight is 325 g/mol. The Balaban J connectivity index is 2.32. The second-order valence-corrected chi connectivity index (χ2v) is 4.87. The minimum Gasteiger partial charge on any atom is -0.328 e. The largest absolute Gasteiger partial charge is 0.328 e. The van der Waals surface area contributed by atoms with Gasteiger partial charge in [-0.05, 0) is 28.9 Å². The topological polar surface area (TPSA) is 76.7 Å². The molecule has 0 aromatic carbocycles. The molecular weight excluding hydrogens is 315 g/mol. The van der Waals surface area contributed by atoms with E-state index in [0.717, 1.165) is 5.56 Å². The van der Waals surface area contributed by atoms with Gasteiger partial charge in [-0.1, -0.05) is 35.3 Å². The van der Waals surface area contributed by atoms with E-state index in [-0.39, 0.29) is 0 Å². The van der Waals surface area contributed by atoms with E-state index in [9.17, 15) is 9.70 Å². The quantitative estimate of drug-likeness (QED) is 0.375. The van der Waals surface area contributed by atoms with Crippen molar-refractivity contribution in [1.82, 2.24) is 9.55 Å². The summed E-state index contributed by atoms with van der Waals surface area (Å²) in [5.74, 6) is -0.805. The zero-order valence-electron chi connectivity index (χ0n) is 10.7. The zero-order valence-corrected chi connectivity index (χ0v) is 12.2. The molecule has 8 heteroatoms. The van der Waals surface area contributed by atoms with Crippen LogP contribution in [0, 0.1) is 4.91 Å². The molecule has 2 heterocycles. The highest BCUT2D eigenvalue weighted by Gasteiger charge is 2.13. The maximum atomic E-state index is 11.6. The lowest BCUT2D eigenvalue weighted by Gasteiger charge is -2.07. The number of aromatic nitrogens is 2. The number of hydrogen-bond donors (Lipinski definition) is 0. The van der Waals surface area contributed by atoms with Crippen molar-refractivity contribution in [2.45, 2.75) is 12.0 Å². The molecule has 1 unspecified atom stereocenters. The Morgan fingerprint density at radius 2 is 2.14 bits per heavy atom. The molecule has 1 atom stereocenters. The summed E-state index contributed by atoms with van der Waals surface area (Å²) in [5, 5.41) is 2.85. The van der Waals surface area contributed by atoms with Gasteiger partial charge in [0, 0.05) is 12.4 Å². The minimum atomic E-state index is -1.52. The third-order valence-corrected chi connectivity index (χ3v) is 3.07. The Morgan fingerprint density at radius 3 is 2.81 bits per heavy atom. The molecular formula is C13H10Cl2N4O2. The third kappa shape index (κ3) is 4.21. The number of rotatable bonds is 4. The molecule has 2 aromatic heterocycles. The molecule has 21 heavy (non-hydrogen) atoms. The SMILES string of the molecule is O=NC(Cl)C(=O)N=c1ccccn1Cc1ccc(Cl)nc1. The van der Waals surface area contributed by atoms with Crippen LogP contribution in [-0.2, 0) is 11.3 Å². The van der Waals surface area contributed by atoms with Crippen molar-refractivity contribution < 1.29 is 4.79 Å². The summed E-state index contributed by atoms with van der Waals surface area (Å²) in [4.78, 5) is 29.6. The van der Waals surface area contributed by atoms with Gasteiger partial charge in [-0.2, -0.15) is 4.99 Å². The number of amides is 1. The fourth-order valence-corrected chi connectivity index (χ4v) is 1.77. The van der Waals surface area contributed by atoms with E-state index in [1.54, 1.807) is 41.2 Å². The number of alkyl halides is 1. The molecule has 0 aliphatic rings. The monoisotopic (exact) mass is 324 g/mol. The van der Waals surface area contributed by atoms with Crippen LogP contribution in [0.15, 0.2) is 52.9 Å². The summed E-state index contributed by atoms with van der Waals surface area (Å²) in [7, 11) is 0. The summed E-state index contributed by atoms with van der Waals surface area (Å²) in [5.41, 5.74) is -0.266. The number of nitroso groups, excluding NO2 is 1. The molecule has 0 saturated heterocycles. The number of hydrogen-bond acceptors (Lipinski definition) is 4. The van der Waals surface area contributed by atoms with Gasteiger partial charge in [-0.15, -0.1) is 4.91 Å². The summed E-state index contributed by atoms with van der Waals surface area (Å²) in [6, 6.07) is 8.64. The van der Waals surface area contributed by atoms with Gasteiger partial charge in [-0.25, -0.2) is 4.98 Å². The summed E-state index contributed by atoms with van der Waals surface area (Å²) in [6.45, 7) is 0.443. The van der Waals surface area contributed by atoms with Crippen LogP contribution in [0.1, 0.15) is 5.56 Å². The smallest absolute Gasteiger partial charge is 0.291 e. The fraction of sp³-hybridized carbons (Fsp3) is 0.154. The number of nitrogens with zero attached hydrogens (tertiary/aromatic N) is 4. The van der Waals surface area contributed by atoms with Gasteiger partial charge in [0.2, 0.25) is 5.50 Å². The van der Waals surface area contributed by atoms with Crippen LogP contribution >= 0.6 is 23.2 Å². The van der Waals surface area contributed by atoms with E-state index in [1.165, 1.54) is 0 Å². The highest BCUT2D eigenvalue weighted by Crippen LogP contribution is 2.06. The predicted octanol–water partition coefficient (Wildman–Crippen LogP) is 2.34. The maximum Gasteiger partial charge on any atom is 0.291 e. The van der Waals surface area contributed by atoms with Crippen molar-refractivity contribution in [3.63, 3.8) is 0 Å². The second-order valence-electron chi connectivity index (χ2n) is 4.07. The Morgan fingerprint density at radius 1 is 1.33 bits per heavy atom. The number of carbonyl (C=O) groups excluding carboxylic acids is 1. The molecule has 1 amide bonds. The van der Waals surface area contributed by atoms with E-state index in [4.69, 9.17) is 23.2 Å². The van der Waals surface area contributed by atoms with Crippen molar-refractivity contribution in [1.29, 1.82) is 0 Å². The fourth-order valence-electron chi connectivity index (χ4n) is 1.61. The van der Waals surface area contributed by atoms with Crippen molar-refractivity contribution in [2.75, 3.05) is 0 Å². The standard InChI is InChI=1S/C13H10Cl2N4O2/c14-10-5-4-9(7-16-10)8-19-6-2-1-3-11(19)17-13(20)12(15)18-21/h1-7,12H,8H2. The molecule has 0 radical (unpaired) electrons. The van der Waals surface area contributed by atoms with Crippen molar-refractivity contribution in [3.05, 3.63) is 63.8 Å². The van der Waals surface area contributed by atoms with Crippen molar-refractivity contribution in [3.8, 4) is 0 Å². The first-order valence-corrected chi connectivity index (χ1v) is 6.72. The minimum absolute atomic E-state index is 0.367. The molecule has 6 nitrogen and oxygen atoms in total.